The molecule has 0 bridgehead atoms. The highest BCUT2D eigenvalue weighted by atomic mass is 32.1. The molecule has 122 valence electrons. The third-order valence-electron chi connectivity index (χ3n) is 4.50. The van der Waals surface area contributed by atoms with Crippen molar-refractivity contribution in [3.05, 3.63) is 57.8 Å². The van der Waals surface area contributed by atoms with Crippen LogP contribution < -0.4 is 10.6 Å². The lowest BCUT2D eigenvalue weighted by Gasteiger charge is -2.37. The van der Waals surface area contributed by atoms with Gasteiger partial charge in [0.25, 0.3) is 0 Å². The predicted molar refractivity (Wildman–Crippen MR) is 93.9 cm³/mol. The van der Waals surface area contributed by atoms with Crippen LogP contribution in [0.3, 0.4) is 0 Å². The molecule has 1 unspecified atom stereocenters. The highest BCUT2D eigenvalue weighted by Gasteiger charge is 2.35. The van der Waals surface area contributed by atoms with E-state index >= 15 is 0 Å². The molecule has 0 radical (unpaired) electrons. The average Bonchev–Trinajstić information content (AvgIpc) is 3.07. The number of piperidine rings is 1. The molecular weight excluding hydrogens is 308 g/mol. The molecule has 4 nitrogen and oxygen atoms in total. The number of thiophene rings is 1. The van der Waals surface area contributed by atoms with Gasteiger partial charge in [-0.1, -0.05) is 35.9 Å². The van der Waals surface area contributed by atoms with E-state index in [0.717, 1.165) is 32.4 Å². The first-order chi connectivity index (χ1) is 11.2. The van der Waals surface area contributed by atoms with E-state index < -0.39 is 11.6 Å². The Balaban J connectivity index is 2.02. The Morgan fingerprint density at radius 1 is 1.35 bits per heavy atom. The second-order valence-electron chi connectivity index (χ2n) is 5.98. The fourth-order valence-electron chi connectivity index (χ4n) is 3.42. The van der Waals surface area contributed by atoms with Crippen LogP contribution in [0.4, 0.5) is 4.79 Å². The van der Waals surface area contributed by atoms with E-state index in [4.69, 9.17) is 0 Å². The molecule has 1 aromatic heterocycles. The predicted octanol–water partition coefficient (Wildman–Crippen LogP) is 3.49. The van der Waals surface area contributed by atoms with Crippen molar-refractivity contribution in [3.63, 3.8) is 0 Å². The maximum absolute atomic E-state index is 11.5. The molecule has 1 atom stereocenters. The highest BCUT2D eigenvalue weighted by Crippen LogP contribution is 2.35. The van der Waals surface area contributed by atoms with E-state index in [1.807, 2.05) is 24.3 Å². The second-order valence-corrected chi connectivity index (χ2v) is 7.01. The van der Waals surface area contributed by atoms with Crippen LogP contribution in [0.25, 0.3) is 0 Å². The van der Waals surface area contributed by atoms with Crippen LogP contribution in [-0.4, -0.2) is 29.8 Å². The molecule has 2 aliphatic rings. The number of rotatable bonds is 4. The summed E-state index contributed by atoms with van der Waals surface area (Å²) < 4.78 is 0. The number of allylic oxidation sites excluding steroid dienone is 2. The van der Waals surface area contributed by atoms with Crippen LogP contribution in [0.5, 0.6) is 0 Å². The van der Waals surface area contributed by atoms with E-state index in [2.05, 4.69) is 28.1 Å². The van der Waals surface area contributed by atoms with Gasteiger partial charge in [0.05, 0.1) is 5.54 Å². The first-order valence-electron chi connectivity index (χ1n) is 7.99. The van der Waals surface area contributed by atoms with Crippen molar-refractivity contribution in [1.82, 2.24) is 10.6 Å². The molecule has 1 fully saturated rings. The third-order valence-corrected chi connectivity index (χ3v) is 5.38. The fourth-order valence-corrected chi connectivity index (χ4v) is 4.14. The summed E-state index contributed by atoms with van der Waals surface area (Å²) in [6.45, 7) is 1.93. The maximum Gasteiger partial charge on any atom is 0.405 e. The molecule has 0 saturated carbocycles. The van der Waals surface area contributed by atoms with Gasteiger partial charge < -0.3 is 15.7 Å². The lowest BCUT2D eigenvalue weighted by Crippen LogP contribution is -2.49. The summed E-state index contributed by atoms with van der Waals surface area (Å²) in [6.07, 6.45) is 10.5. The fraction of sp³-hybridized carbons (Fsp3) is 0.389. The lowest BCUT2D eigenvalue weighted by molar-refractivity contribution is 0.186. The number of hydrogen-bond acceptors (Lipinski definition) is 3. The summed E-state index contributed by atoms with van der Waals surface area (Å²) in [5.74, 6) is 0. The SMILES string of the molecule is O=C(O)NC1(C(Cc2cccs2)=C2CCNCC2)C=CC=CC1. The van der Waals surface area contributed by atoms with E-state index in [1.165, 1.54) is 16.0 Å². The monoisotopic (exact) mass is 330 g/mol. The van der Waals surface area contributed by atoms with Gasteiger partial charge in [0.15, 0.2) is 0 Å². The van der Waals surface area contributed by atoms with Crippen molar-refractivity contribution < 1.29 is 9.90 Å². The molecule has 1 amide bonds. The number of carbonyl (C=O) groups is 1. The summed E-state index contributed by atoms with van der Waals surface area (Å²) >= 11 is 1.73. The Morgan fingerprint density at radius 3 is 2.78 bits per heavy atom. The Morgan fingerprint density at radius 2 is 2.17 bits per heavy atom. The second kappa shape index (κ2) is 7.15. The van der Waals surface area contributed by atoms with Gasteiger partial charge in [-0.3, -0.25) is 0 Å². The van der Waals surface area contributed by atoms with Crippen molar-refractivity contribution in [1.29, 1.82) is 0 Å². The number of amides is 1. The van der Waals surface area contributed by atoms with Crippen molar-refractivity contribution in [2.24, 2.45) is 0 Å². The number of carboxylic acid groups (broad SMARTS) is 1. The smallest absolute Gasteiger partial charge is 0.405 e. The van der Waals surface area contributed by atoms with Crippen LogP contribution >= 0.6 is 11.3 Å². The van der Waals surface area contributed by atoms with Crippen LogP contribution in [0, 0.1) is 0 Å². The summed E-state index contributed by atoms with van der Waals surface area (Å²) in [5.41, 5.74) is 2.01. The highest BCUT2D eigenvalue weighted by molar-refractivity contribution is 7.09. The minimum absolute atomic E-state index is 0.614. The van der Waals surface area contributed by atoms with Gasteiger partial charge in [-0.2, -0.15) is 0 Å². The van der Waals surface area contributed by atoms with E-state index in [-0.39, 0.29) is 0 Å². The molecule has 5 heteroatoms. The zero-order valence-electron chi connectivity index (χ0n) is 13.0. The van der Waals surface area contributed by atoms with Crippen LogP contribution in [0.2, 0.25) is 0 Å². The molecule has 1 aromatic rings. The Bertz CT molecular complexity index is 638. The normalized spacial score (nSPS) is 23.7. The molecule has 0 aromatic carbocycles. The minimum atomic E-state index is -0.969. The summed E-state index contributed by atoms with van der Waals surface area (Å²) in [7, 11) is 0. The summed E-state index contributed by atoms with van der Waals surface area (Å²) in [5, 5.41) is 17.7. The van der Waals surface area contributed by atoms with E-state index in [0.29, 0.717) is 6.42 Å². The average molecular weight is 330 g/mol. The lowest BCUT2D eigenvalue weighted by atomic mass is 9.77. The van der Waals surface area contributed by atoms with Crippen molar-refractivity contribution in [2.75, 3.05) is 13.1 Å². The summed E-state index contributed by atoms with van der Waals surface area (Å²) in [4.78, 5) is 12.7. The molecule has 23 heavy (non-hydrogen) atoms. The Kier molecular flexibility index (Phi) is 4.98. The zero-order chi connectivity index (χ0) is 16.1. The molecule has 0 spiro atoms. The van der Waals surface area contributed by atoms with Gasteiger partial charge in [-0.25, -0.2) is 4.79 Å². The van der Waals surface area contributed by atoms with Crippen LogP contribution in [0.15, 0.2) is 53.0 Å². The van der Waals surface area contributed by atoms with Crippen LogP contribution in [-0.2, 0) is 6.42 Å². The largest absolute Gasteiger partial charge is 0.465 e. The van der Waals surface area contributed by atoms with Crippen molar-refractivity contribution in [3.8, 4) is 0 Å². The zero-order valence-corrected chi connectivity index (χ0v) is 13.9. The summed E-state index contributed by atoms with van der Waals surface area (Å²) in [6, 6.07) is 4.18. The Hall–Kier alpha value is -1.85. The van der Waals surface area contributed by atoms with Crippen LogP contribution in [0.1, 0.15) is 24.1 Å². The third kappa shape index (κ3) is 3.74. The Labute approximate surface area is 140 Å². The van der Waals surface area contributed by atoms with Crippen molar-refractivity contribution in [2.45, 2.75) is 31.2 Å². The van der Waals surface area contributed by atoms with Gasteiger partial charge >= 0.3 is 6.09 Å². The van der Waals surface area contributed by atoms with Gasteiger partial charge in [-0.05, 0) is 49.4 Å². The molecule has 1 aliphatic carbocycles. The quantitative estimate of drug-likeness (QED) is 0.741. The van der Waals surface area contributed by atoms with Crippen molar-refractivity contribution >= 4 is 17.4 Å². The standard InChI is InChI=1S/C18H22N2O2S/c21-17(22)20-18(8-2-1-3-9-18)16(13-15-5-4-12-23-15)14-6-10-19-11-7-14/h1-5,8,12,19-20H,6-7,9-11,13H2,(H,21,22). The molecular formula is C18H22N2O2S. The number of hydrogen-bond donors (Lipinski definition) is 3. The van der Waals surface area contributed by atoms with Gasteiger partial charge in [0, 0.05) is 11.3 Å². The van der Waals surface area contributed by atoms with E-state index in [9.17, 15) is 9.90 Å². The molecule has 2 heterocycles. The molecule has 1 aliphatic heterocycles. The number of nitrogens with one attached hydrogen (secondary N) is 2. The first-order valence-corrected chi connectivity index (χ1v) is 8.87. The van der Waals surface area contributed by atoms with Gasteiger partial charge in [-0.15, -0.1) is 11.3 Å². The van der Waals surface area contributed by atoms with Gasteiger partial charge in [0.2, 0.25) is 0 Å². The topological polar surface area (TPSA) is 61.4 Å². The molecule has 1 saturated heterocycles. The first kappa shape index (κ1) is 16.0. The minimum Gasteiger partial charge on any atom is -0.465 e. The van der Waals surface area contributed by atoms with E-state index in [1.54, 1.807) is 11.3 Å². The molecule has 3 rings (SSSR count). The van der Waals surface area contributed by atoms with Gasteiger partial charge in [0.1, 0.15) is 0 Å². The molecule has 3 N–H and O–H groups in total. The maximum atomic E-state index is 11.5.